The zero-order valence-corrected chi connectivity index (χ0v) is 21.6. The van der Waals surface area contributed by atoms with Crippen LogP contribution in [-0.4, -0.2) is 22.8 Å². The molecular weight excluding hydrogens is 424 g/mol. The highest BCUT2D eigenvalue weighted by Crippen LogP contribution is 2.42. The molecule has 170 valence electrons. The molecule has 0 amide bonds. The van der Waals surface area contributed by atoms with Crippen LogP contribution < -0.4 is 0 Å². The first kappa shape index (κ1) is 25.5. The molecule has 0 saturated heterocycles. The van der Waals surface area contributed by atoms with Crippen molar-refractivity contribution in [2.45, 2.75) is 69.9 Å². The molecule has 6 heteroatoms. The second-order valence-corrected chi connectivity index (χ2v) is 16.0. The third-order valence-electron chi connectivity index (χ3n) is 6.09. The summed E-state index contributed by atoms with van der Waals surface area (Å²) in [6, 6.07) is 16.4. The molecule has 4 nitrogen and oxygen atoms in total. The lowest BCUT2D eigenvalue weighted by Crippen LogP contribution is -2.45. The van der Waals surface area contributed by atoms with E-state index >= 15 is 0 Å². The van der Waals surface area contributed by atoms with E-state index in [1.165, 1.54) is 0 Å². The molecule has 3 atom stereocenters. The van der Waals surface area contributed by atoms with Gasteiger partial charge in [0.05, 0.1) is 11.0 Å². The molecule has 0 heterocycles. The van der Waals surface area contributed by atoms with Crippen LogP contribution in [0.15, 0.2) is 72.1 Å². The lowest BCUT2D eigenvalue weighted by Gasteiger charge is -2.42. The van der Waals surface area contributed by atoms with Gasteiger partial charge in [-0.05, 0) is 42.8 Å². The quantitative estimate of drug-likeness (QED) is 0.239. The van der Waals surface area contributed by atoms with Gasteiger partial charge in [0.15, 0.2) is 8.32 Å². The van der Waals surface area contributed by atoms with E-state index in [2.05, 4.69) is 40.4 Å². The molecule has 0 saturated carbocycles. The minimum absolute atomic E-state index is 0.0438. The lowest BCUT2D eigenvalue weighted by molar-refractivity contribution is 0.0266. The van der Waals surface area contributed by atoms with Crippen molar-refractivity contribution in [3.05, 3.63) is 78.4 Å². The van der Waals surface area contributed by atoms with Crippen molar-refractivity contribution in [3.63, 3.8) is 0 Å². The van der Waals surface area contributed by atoms with E-state index in [4.69, 9.17) is 8.61 Å². The van der Waals surface area contributed by atoms with Gasteiger partial charge in [0.1, 0.15) is 6.10 Å². The van der Waals surface area contributed by atoms with Crippen LogP contribution in [-0.2, 0) is 18.7 Å². The van der Waals surface area contributed by atoms with E-state index in [0.29, 0.717) is 0 Å². The van der Waals surface area contributed by atoms with Crippen molar-refractivity contribution in [2.75, 3.05) is 0 Å². The second kappa shape index (κ2) is 9.82. The topological polar surface area (TPSA) is 52.6 Å². The Kier molecular flexibility index (Phi) is 8.08. The summed E-state index contributed by atoms with van der Waals surface area (Å²) in [6.45, 7) is 18.5. The molecule has 0 bridgehead atoms. The third kappa shape index (κ3) is 6.39. The predicted octanol–water partition coefficient (Wildman–Crippen LogP) is 6.65. The van der Waals surface area contributed by atoms with E-state index in [-0.39, 0.29) is 15.9 Å². The van der Waals surface area contributed by atoms with Gasteiger partial charge in [-0.25, -0.2) is 0 Å². The van der Waals surface area contributed by atoms with Crippen LogP contribution in [0.4, 0.5) is 0 Å². The van der Waals surface area contributed by atoms with Crippen LogP contribution in [0, 0.1) is 12.8 Å². The van der Waals surface area contributed by atoms with Crippen LogP contribution >= 0.6 is 0 Å². The first-order chi connectivity index (χ1) is 14.3. The van der Waals surface area contributed by atoms with Gasteiger partial charge >= 0.3 is 0 Å². The molecule has 2 aromatic rings. The Hall–Kier alpha value is -1.73. The van der Waals surface area contributed by atoms with Gasteiger partial charge in [0.2, 0.25) is 0 Å². The minimum Gasteiger partial charge on any atom is -0.407 e. The molecule has 0 fully saturated rings. The van der Waals surface area contributed by atoms with Crippen molar-refractivity contribution in [1.82, 2.24) is 0 Å². The first-order valence-electron chi connectivity index (χ1n) is 10.6. The summed E-state index contributed by atoms with van der Waals surface area (Å²) in [5, 5.41) is -0.0438. The van der Waals surface area contributed by atoms with Crippen molar-refractivity contribution in [3.8, 4) is 0 Å². The number of rotatable bonds is 9. The Morgan fingerprint density at radius 1 is 1.00 bits per heavy atom. The largest absolute Gasteiger partial charge is 0.407 e. The van der Waals surface area contributed by atoms with Gasteiger partial charge in [-0.3, -0.25) is 4.18 Å². The van der Waals surface area contributed by atoms with E-state index in [1.807, 2.05) is 44.2 Å². The number of aryl methyl sites for hydroxylation is 1. The van der Waals surface area contributed by atoms with Gasteiger partial charge in [-0.1, -0.05) is 81.8 Å². The van der Waals surface area contributed by atoms with Crippen LogP contribution in [0.2, 0.25) is 18.1 Å². The molecule has 0 radical (unpaired) electrons. The molecule has 2 aromatic carbocycles. The fourth-order valence-corrected chi connectivity index (χ4v) is 5.32. The fourth-order valence-electron chi connectivity index (χ4n) is 2.92. The van der Waals surface area contributed by atoms with Crippen LogP contribution in [0.3, 0.4) is 0 Å². The average molecular weight is 461 g/mol. The monoisotopic (exact) mass is 460 g/mol. The fraction of sp³-hybridized carbons (Fsp3) is 0.440. The van der Waals surface area contributed by atoms with Crippen LogP contribution in [0.1, 0.15) is 44.9 Å². The maximum Gasteiger partial charge on any atom is 0.297 e. The number of hydrogen-bond acceptors (Lipinski definition) is 4. The summed E-state index contributed by atoms with van der Waals surface area (Å²) in [5.41, 5.74) is 1.88. The van der Waals surface area contributed by atoms with Gasteiger partial charge in [-0.15, -0.1) is 6.58 Å². The third-order valence-corrected chi connectivity index (χ3v) is 11.9. The molecule has 0 aliphatic rings. The van der Waals surface area contributed by atoms with Gasteiger partial charge < -0.3 is 4.43 Å². The van der Waals surface area contributed by atoms with Gasteiger partial charge in [0, 0.05) is 5.92 Å². The van der Waals surface area contributed by atoms with Crippen LogP contribution in [0.5, 0.6) is 0 Å². The Bertz CT molecular complexity index is 961. The zero-order valence-electron chi connectivity index (χ0n) is 19.8. The lowest BCUT2D eigenvalue weighted by atomic mass is 9.95. The molecule has 0 aliphatic carbocycles. The average Bonchev–Trinajstić information content (AvgIpc) is 2.70. The van der Waals surface area contributed by atoms with E-state index in [9.17, 15) is 8.42 Å². The SMILES string of the molecule is C=C[C@H](C)[C@H](OS(=O)(=O)c1ccc(C)cc1)[C@H](O[Si](C)(C)C(C)(C)C)c1ccccc1. The smallest absolute Gasteiger partial charge is 0.297 e. The summed E-state index contributed by atoms with van der Waals surface area (Å²) < 4.78 is 39.0. The van der Waals surface area contributed by atoms with E-state index < -0.39 is 30.6 Å². The zero-order chi connectivity index (χ0) is 23.4. The summed E-state index contributed by atoms with van der Waals surface area (Å²) in [5.74, 6) is -0.254. The number of hydrogen-bond donors (Lipinski definition) is 0. The maximum atomic E-state index is 13.2. The molecule has 0 N–H and O–H groups in total. The Labute approximate surface area is 189 Å². The van der Waals surface area contributed by atoms with Gasteiger partial charge in [0.25, 0.3) is 10.1 Å². The Morgan fingerprint density at radius 2 is 1.55 bits per heavy atom. The standard InChI is InChI=1S/C25H36O4SSi/c1-9-20(3)23(28-30(26,27)22-17-15-19(2)16-18-22)24(21-13-11-10-12-14-21)29-31(7,8)25(4,5)6/h9-18,20,23-24H,1H2,2-8H3/t20-,23-,24+/m0/s1. The van der Waals surface area contributed by atoms with E-state index in [1.54, 1.807) is 30.3 Å². The van der Waals surface area contributed by atoms with Crippen molar-refractivity contribution in [1.29, 1.82) is 0 Å². The van der Waals surface area contributed by atoms with Gasteiger partial charge in [-0.2, -0.15) is 8.42 Å². The number of benzene rings is 2. The van der Waals surface area contributed by atoms with E-state index in [0.717, 1.165) is 11.1 Å². The highest BCUT2D eigenvalue weighted by atomic mass is 32.2. The van der Waals surface area contributed by atoms with Crippen molar-refractivity contribution >= 4 is 18.4 Å². The molecule has 0 aliphatic heterocycles. The Balaban J connectivity index is 2.53. The summed E-state index contributed by atoms with van der Waals surface area (Å²) in [4.78, 5) is 0.138. The maximum absolute atomic E-state index is 13.2. The molecule has 0 spiro atoms. The highest BCUT2D eigenvalue weighted by Gasteiger charge is 2.43. The minimum atomic E-state index is -3.99. The van der Waals surface area contributed by atoms with Crippen LogP contribution in [0.25, 0.3) is 0 Å². The molecule has 31 heavy (non-hydrogen) atoms. The molecule has 0 unspecified atom stereocenters. The molecule has 2 rings (SSSR count). The summed E-state index contributed by atoms with van der Waals surface area (Å²) in [7, 11) is -6.23. The normalized spacial score (nSPS) is 15.8. The predicted molar refractivity (Wildman–Crippen MR) is 130 cm³/mol. The van der Waals surface area contributed by atoms with Crippen molar-refractivity contribution in [2.24, 2.45) is 5.92 Å². The first-order valence-corrected chi connectivity index (χ1v) is 15.0. The molecule has 0 aromatic heterocycles. The second-order valence-electron chi connectivity index (χ2n) is 9.63. The van der Waals surface area contributed by atoms with Crippen molar-refractivity contribution < 1.29 is 17.0 Å². The summed E-state index contributed by atoms with van der Waals surface area (Å²) >= 11 is 0. The highest BCUT2D eigenvalue weighted by molar-refractivity contribution is 7.86. The molecular formula is C25H36O4SSi. The Morgan fingerprint density at radius 3 is 2.03 bits per heavy atom. The summed E-state index contributed by atoms with van der Waals surface area (Å²) in [6.07, 6.45) is 0.427.